The van der Waals surface area contributed by atoms with Crippen molar-refractivity contribution in [1.29, 1.82) is 0 Å². The molecule has 1 aliphatic rings. The maximum atomic E-state index is 9.67. The molecule has 3 rings (SSSR count). The van der Waals surface area contributed by atoms with Gasteiger partial charge in [0.2, 0.25) is 0 Å². The molecule has 4 atom stereocenters. The normalized spacial score (nSPS) is 26.0. The molecule has 0 saturated carbocycles. The van der Waals surface area contributed by atoms with Crippen LogP contribution in [-0.2, 0) is 22.7 Å². The van der Waals surface area contributed by atoms with E-state index in [9.17, 15) is 10.2 Å². The van der Waals surface area contributed by atoms with Gasteiger partial charge in [0.15, 0.2) is 0 Å². The molecule has 1 fully saturated rings. The number of ether oxygens (including phenoxy) is 2. The molecule has 0 aromatic heterocycles. The van der Waals surface area contributed by atoms with Gasteiger partial charge in [-0.25, -0.2) is 0 Å². The van der Waals surface area contributed by atoms with Gasteiger partial charge in [-0.15, -0.1) is 0 Å². The molecule has 1 heterocycles. The monoisotopic (exact) mass is 343 g/mol. The molecule has 5 nitrogen and oxygen atoms in total. The second-order valence-corrected chi connectivity index (χ2v) is 6.27. The molecule has 2 aromatic carbocycles. The zero-order valence-electron chi connectivity index (χ0n) is 14.1. The Morgan fingerprint density at radius 2 is 1.08 bits per heavy atom. The van der Waals surface area contributed by atoms with Crippen LogP contribution in [-0.4, -0.2) is 47.7 Å². The summed E-state index contributed by atoms with van der Waals surface area (Å²) in [6.45, 7) is 0.738. The third-order valence-corrected chi connectivity index (χ3v) is 4.51. The molecule has 134 valence electrons. The van der Waals surface area contributed by atoms with Crippen LogP contribution in [0.4, 0.5) is 0 Å². The van der Waals surface area contributed by atoms with Crippen molar-refractivity contribution in [1.82, 2.24) is 5.32 Å². The topological polar surface area (TPSA) is 71.0 Å². The second kappa shape index (κ2) is 9.08. The lowest BCUT2D eigenvalue weighted by Gasteiger charge is -2.25. The molecular formula is C20H25NO4. The smallest absolute Gasteiger partial charge is 0.103 e. The Bertz CT molecular complexity index is 567. The number of benzene rings is 2. The molecule has 1 saturated heterocycles. The summed E-state index contributed by atoms with van der Waals surface area (Å²) in [5, 5.41) is 22.6. The van der Waals surface area contributed by atoms with Gasteiger partial charge in [-0.05, 0) is 11.1 Å². The first-order valence-corrected chi connectivity index (χ1v) is 8.60. The lowest BCUT2D eigenvalue weighted by molar-refractivity contribution is -0.0856. The van der Waals surface area contributed by atoms with Crippen LogP contribution >= 0.6 is 0 Å². The molecule has 0 aliphatic carbocycles. The van der Waals surface area contributed by atoms with E-state index in [4.69, 9.17) is 9.47 Å². The van der Waals surface area contributed by atoms with E-state index in [1.807, 2.05) is 60.7 Å². The van der Waals surface area contributed by atoms with Crippen LogP contribution in [0.25, 0.3) is 0 Å². The maximum Gasteiger partial charge on any atom is 0.103 e. The van der Waals surface area contributed by atoms with Gasteiger partial charge >= 0.3 is 0 Å². The zero-order chi connectivity index (χ0) is 17.5. The van der Waals surface area contributed by atoms with Crippen molar-refractivity contribution in [3.63, 3.8) is 0 Å². The number of rotatable bonds is 8. The van der Waals surface area contributed by atoms with Gasteiger partial charge in [0.05, 0.1) is 38.5 Å². The standard InChI is InChI=1S/C20H25NO4/c22-11-17-19(24-13-15-7-3-1-4-8-15)20(18(12-23)21-17)25-14-16-9-5-2-6-10-16/h1-10,17-23H,11-14H2/t17-,18-,19+,20+/m0/s1. The van der Waals surface area contributed by atoms with E-state index in [1.165, 1.54) is 0 Å². The highest BCUT2D eigenvalue weighted by Crippen LogP contribution is 2.23. The largest absolute Gasteiger partial charge is 0.395 e. The Kier molecular flexibility index (Phi) is 6.55. The van der Waals surface area contributed by atoms with Crippen molar-refractivity contribution in [2.75, 3.05) is 13.2 Å². The highest BCUT2D eigenvalue weighted by molar-refractivity contribution is 5.15. The fourth-order valence-corrected chi connectivity index (χ4v) is 3.19. The Morgan fingerprint density at radius 3 is 1.44 bits per heavy atom. The zero-order valence-corrected chi connectivity index (χ0v) is 14.1. The number of aliphatic hydroxyl groups is 2. The van der Waals surface area contributed by atoms with E-state index in [0.29, 0.717) is 13.2 Å². The van der Waals surface area contributed by atoms with Crippen molar-refractivity contribution in [2.24, 2.45) is 0 Å². The highest BCUT2D eigenvalue weighted by atomic mass is 16.5. The Labute approximate surface area is 148 Å². The molecular weight excluding hydrogens is 318 g/mol. The second-order valence-electron chi connectivity index (χ2n) is 6.27. The van der Waals surface area contributed by atoms with Crippen LogP contribution in [0.2, 0.25) is 0 Å². The van der Waals surface area contributed by atoms with Crippen molar-refractivity contribution < 1.29 is 19.7 Å². The van der Waals surface area contributed by atoms with E-state index in [0.717, 1.165) is 11.1 Å². The summed E-state index contributed by atoms with van der Waals surface area (Å²) in [6.07, 6.45) is -0.655. The SMILES string of the molecule is OC[C@@H]1N[C@@H](CO)[C@@H](OCc2ccccc2)[C@@H]1OCc1ccccc1. The third kappa shape index (κ3) is 4.66. The first-order chi connectivity index (χ1) is 12.3. The summed E-state index contributed by atoms with van der Waals surface area (Å²) >= 11 is 0. The average molecular weight is 343 g/mol. The van der Waals surface area contributed by atoms with Gasteiger partial charge in [0, 0.05) is 0 Å². The average Bonchev–Trinajstić information content (AvgIpc) is 3.03. The van der Waals surface area contributed by atoms with E-state index in [-0.39, 0.29) is 37.5 Å². The van der Waals surface area contributed by atoms with Gasteiger partial charge < -0.3 is 25.0 Å². The fourth-order valence-electron chi connectivity index (χ4n) is 3.19. The number of hydrogen-bond donors (Lipinski definition) is 3. The molecule has 25 heavy (non-hydrogen) atoms. The minimum absolute atomic E-state index is 0.0683. The first kappa shape index (κ1) is 18.0. The number of hydrogen-bond acceptors (Lipinski definition) is 5. The summed E-state index contributed by atoms with van der Waals surface area (Å²) < 4.78 is 12.1. The van der Waals surface area contributed by atoms with Gasteiger partial charge in [-0.2, -0.15) is 0 Å². The Morgan fingerprint density at radius 1 is 0.680 bits per heavy atom. The van der Waals surface area contributed by atoms with Crippen LogP contribution in [0.3, 0.4) is 0 Å². The van der Waals surface area contributed by atoms with Gasteiger partial charge in [0.25, 0.3) is 0 Å². The summed E-state index contributed by atoms with van der Waals surface area (Å²) in [5.41, 5.74) is 2.13. The Hall–Kier alpha value is -1.76. The predicted molar refractivity (Wildman–Crippen MR) is 94.9 cm³/mol. The molecule has 0 unspecified atom stereocenters. The summed E-state index contributed by atoms with van der Waals surface area (Å²) in [4.78, 5) is 0. The van der Waals surface area contributed by atoms with E-state index >= 15 is 0 Å². The first-order valence-electron chi connectivity index (χ1n) is 8.60. The summed E-state index contributed by atoms with van der Waals surface area (Å²) in [6, 6.07) is 19.3. The summed E-state index contributed by atoms with van der Waals surface area (Å²) in [7, 11) is 0. The molecule has 2 aromatic rings. The lowest BCUT2D eigenvalue weighted by Crippen LogP contribution is -2.39. The van der Waals surface area contributed by atoms with Crippen molar-refractivity contribution in [3.8, 4) is 0 Å². The molecule has 0 amide bonds. The van der Waals surface area contributed by atoms with Crippen LogP contribution < -0.4 is 5.32 Å². The minimum Gasteiger partial charge on any atom is -0.395 e. The van der Waals surface area contributed by atoms with Crippen molar-refractivity contribution in [3.05, 3.63) is 71.8 Å². The van der Waals surface area contributed by atoms with Crippen molar-refractivity contribution >= 4 is 0 Å². The van der Waals surface area contributed by atoms with Gasteiger partial charge in [-0.1, -0.05) is 60.7 Å². The highest BCUT2D eigenvalue weighted by Gasteiger charge is 2.44. The van der Waals surface area contributed by atoms with Crippen LogP contribution in [0.5, 0.6) is 0 Å². The molecule has 0 bridgehead atoms. The molecule has 5 heteroatoms. The number of nitrogens with one attached hydrogen (secondary N) is 1. The van der Waals surface area contributed by atoms with Crippen LogP contribution in [0.15, 0.2) is 60.7 Å². The molecule has 0 spiro atoms. The molecule has 3 N–H and O–H groups in total. The molecule has 0 radical (unpaired) electrons. The third-order valence-electron chi connectivity index (χ3n) is 4.51. The predicted octanol–water partition coefficient (Wildman–Crippen LogP) is 1.48. The van der Waals surface area contributed by atoms with E-state index < -0.39 is 0 Å². The quantitative estimate of drug-likeness (QED) is 0.677. The fraction of sp³-hybridized carbons (Fsp3) is 0.400. The van der Waals surface area contributed by atoms with Gasteiger partial charge in [0.1, 0.15) is 12.2 Å². The minimum atomic E-state index is -0.328. The Balaban J connectivity index is 1.66. The van der Waals surface area contributed by atoms with Crippen LogP contribution in [0.1, 0.15) is 11.1 Å². The van der Waals surface area contributed by atoms with E-state index in [1.54, 1.807) is 0 Å². The number of aliphatic hydroxyl groups excluding tert-OH is 2. The molecule has 1 aliphatic heterocycles. The van der Waals surface area contributed by atoms with Crippen LogP contribution in [0, 0.1) is 0 Å². The van der Waals surface area contributed by atoms with Crippen molar-refractivity contribution in [2.45, 2.75) is 37.5 Å². The lowest BCUT2D eigenvalue weighted by atomic mass is 10.1. The summed E-state index contributed by atoms with van der Waals surface area (Å²) in [5.74, 6) is 0. The maximum absolute atomic E-state index is 9.67. The van der Waals surface area contributed by atoms with E-state index in [2.05, 4.69) is 5.32 Å². The van der Waals surface area contributed by atoms with Gasteiger partial charge in [-0.3, -0.25) is 0 Å².